The molecule has 1 heterocycles. The number of rotatable bonds is 6. The van der Waals surface area contributed by atoms with Crippen molar-refractivity contribution < 1.29 is 0 Å². The first kappa shape index (κ1) is 13.2. The molecule has 1 rings (SSSR count). The Morgan fingerprint density at radius 3 is 2.50 bits per heavy atom. The van der Waals surface area contributed by atoms with E-state index in [-0.39, 0.29) is 0 Å². The topological polar surface area (TPSA) is 42.7 Å². The highest BCUT2D eigenvalue weighted by Crippen LogP contribution is 2.08. The molecule has 0 spiro atoms. The first-order chi connectivity index (χ1) is 7.56. The molecule has 0 aromatic carbocycles. The van der Waals surface area contributed by atoms with Gasteiger partial charge in [-0.25, -0.2) is 9.67 Å². The van der Waals surface area contributed by atoms with Crippen LogP contribution in [0, 0.1) is 5.92 Å². The average molecular weight is 224 g/mol. The summed E-state index contributed by atoms with van der Waals surface area (Å²) in [5, 5.41) is 7.77. The van der Waals surface area contributed by atoms with Crippen LogP contribution >= 0.6 is 0 Å². The van der Waals surface area contributed by atoms with Crippen LogP contribution in [-0.4, -0.2) is 20.8 Å². The highest BCUT2D eigenvalue weighted by Gasteiger charge is 2.12. The van der Waals surface area contributed by atoms with Gasteiger partial charge in [-0.2, -0.15) is 5.10 Å². The summed E-state index contributed by atoms with van der Waals surface area (Å²) < 4.78 is 1.97. The molecule has 0 bridgehead atoms. The Morgan fingerprint density at radius 2 is 2.00 bits per heavy atom. The zero-order chi connectivity index (χ0) is 12.1. The van der Waals surface area contributed by atoms with E-state index in [1.807, 2.05) is 4.68 Å². The fraction of sp³-hybridized carbons (Fsp3) is 0.833. The van der Waals surface area contributed by atoms with Gasteiger partial charge in [0.25, 0.3) is 0 Å². The van der Waals surface area contributed by atoms with E-state index in [9.17, 15) is 0 Å². The molecule has 1 atom stereocenters. The SMILES string of the molecule is CCC(NCc1ncnn1C(C)C)C(C)C. The molecule has 1 N–H and O–H groups in total. The summed E-state index contributed by atoms with van der Waals surface area (Å²) in [5.74, 6) is 1.68. The van der Waals surface area contributed by atoms with Crippen LogP contribution in [0.15, 0.2) is 6.33 Å². The number of nitrogens with one attached hydrogen (secondary N) is 1. The van der Waals surface area contributed by atoms with Crippen LogP contribution in [0.1, 0.15) is 52.9 Å². The molecule has 92 valence electrons. The molecule has 0 radical (unpaired) electrons. The molecule has 4 nitrogen and oxygen atoms in total. The van der Waals surface area contributed by atoms with Crippen molar-refractivity contribution in [1.82, 2.24) is 20.1 Å². The summed E-state index contributed by atoms with van der Waals surface area (Å²) in [4.78, 5) is 4.29. The maximum Gasteiger partial charge on any atom is 0.141 e. The summed E-state index contributed by atoms with van der Waals surface area (Å²) in [6.07, 6.45) is 2.78. The first-order valence-corrected chi connectivity index (χ1v) is 6.18. The summed E-state index contributed by atoms with van der Waals surface area (Å²) in [6.45, 7) is 11.7. The van der Waals surface area contributed by atoms with Crippen molar-refractivity contribution in [2.75, 3.05) is 0 Å². The van der Waals surface area contributed by atoms with Crippen LogP contribution in [0.3, 0.4) is 0 Å². The molecule has 0 aliphatic rings. The van der Waals surface area contributed by atoms with Crippen molar-refractivity contribution in [3.05, 3.63) is 12.2 Å². The third-order valence-corrected chi connectivity index (χ3v) is 2.90. The molecule has 4 heteroatoms. The van der Waals surface area contributed by atoms with E-state index in [1.165, 1.54) is 0 Å². The fourth-order valence-corrected chi connectivity index (χ4v) is 1.91. The van der Waals surface area contributed by atoms with Crippen molar-refractivity contribution >= 4 is 0 Å². The normalized spacial score (nSPS) is 13.7. The van der Waals surface area contributed by atoms with Gasteiger partial charge in [-0.05, 0) is 26.2 Å². The third kappa shape index (κ3) is 3.30. The van der Waals surface area contributed by atoms with Gasteiger partial charge in [-0.15, -0.1) is 0 Å². The van der Waals surface area contributed by atoms with E-state index in [4.69, 9.17) is 0 Å². The smallest absolute Gasteiger partial charge is 0.141 e. The van der Waals surface area contributed by atoms with E-state index >= 15 is 0 Å². The lowest BCUT2D eigenvalue weighted by Crippen LogP contribution is -2.33. The van der Waals surface area contributed by atoms with Crippen LogP contribution in [0.5, 0.6) is 0 Å². The molecule has 0 saturated heterocycles. The van der Waals surface area contributed by atoms with E-state index in [1.54, 1.807) is 6.33 Å². The lowest BCUT2D eigenvalue weighted by Gasteiger charge is -2.20. The van der Waals surface area contributed by atoms with Crippen LogP contribution in [0.25, 0.3) is 0 Å². The zero-order valence-electron chi connectivity index (χ0n) is 11.1. The van der Waals surface area contributed by atoms with Crippen LogP contribution in [0.2, 0.25) is 0 Å². The fourth-order valence-electron chi connectivity index (χ4n) is 1.91. The predicted molar refractivity (Wildman–Crippen MR) is 66.2 cm³/mol. The van der Waals surface area contributed by atoms with Crippen molar-refractivity contribution in [2.45, 2.75) is 59.7 Å². The molecule has 1 aromatic rings. The number of nitrogens with zero attached hydrogens (tertiary/aromatic N) is 3. The van der Waals surface area contributed by atoms with Crippen LogP contribution in [-0.2, 0) is 6.54 Å². The van der Waals surface area contributed by atoms with Gasteiger partial charge in [0.15, 0.2) is 0 Å². The molecule has 1 unspecified atom stereocenters. The summed E-state index contributed by atoms with van der Waals surface area (Å²) in [7, 11) is 0. The van der Waals surface area contributed by atoms with Gasteiger partial charge in [0.2, 0.25) is 0 Å². The Bertz CT molecular complexity index is 304. The second-order valence-corrected chi connectivity index (χ2v) is 4.85. The van der Waals surface area contributed by atoms with Gasteiger partial charge in [0.1, 0.15) is 12.2 Å². The van der Waals surface area contributed by atoms with Crippen molar-refractivity contribution in [3.8, 4) is 0 Å². The van der Waals surface area contributed by atoms with E-state index < -0.39 is 0 Å². The second kappa shape index (κ2) is 5.99. The zero-order valence-corrected chi connectivity index (χ0v) is 11.1. The van der Waals surface area contributed by atoms with E-state index in [0.717, 1.165) is 18.8 Å². The molecular weight excluding hydrogens is 200 g/mol. The van der Waals surface area contributed by atoms with Crippen molar-refractivity contribution in [3.63, 3.8) is 0 Å². The van der Waals surface area contributed by atoms with Crippen LogP contribution < -0.4 is 5.32 Å². The Labute approximate surface area is 98.5 Å². The lowest BCUT2D eigenvalue weighted by molar-refractivity contribution is 0.374. The van der Waals surface area contributed by atoms with Gasteiger partial charge < -0.3 is 5.32 Å². The first-order valence-electron chi connectivity index (χ1n) is 6.18. The lowest BCUT2D eigenvalue weighted by atomic mass is 10.0. The summed E-state index contributed by atoms with van der Waals surface area (Å²) in [6, 6.07) is 0.927. The van der Waals surface area contributed by atoms with Crippen molar-refractivity contribution in [1.29, 1.82) is 0 Å². The Kier molecular flexibility index (Phi) is 4.93. The van der Waals surface area contributed by atoms with Crippen LogP contribution in [0.4, 0.5) is 0 Å². The Balaban J connectivity index is 2.56. The van der Waals surface area contributed by atoms with Crippen molar-refractivity contribution in [2.24, 2.45) is 5.92 Å². The van der Waals surface area contributed by atoms with E-state index in [0.29, 0.717) is 18.0 Å². The maximum atomic E-state index is 4.29. The number of aromatic nitrogens is 3. The highest BCUT2D eigenvalue weighted by atomic mass is 15.4. The molecular formula is C12H24N4. The average Bonchev–Trinajstić information content (AvgIpc) is 2.66. The molecule has 0 saturated carbocycles. The molecule has 0 aliphatic carbocycles. The highest BCUT2D eigenvalue weighted by molar-refractivity contribution is 4.87. The standard InChI is InChI=1S/C12H24N4/c1-6-11(9(2)3)13-7-12-14-8-15-16(12)10(4)5/h8-11,13H,6-7H2,1-5H3. The van der Waals surface area contributed by atoms with Gasteiger partial charge >= 0.3 is 0 Å². The minimum Gasteiger partial charge on any atom is -0.307 e. The Morgan fingerprint density at radius 1 is 1.31 bits per heavy atom. The van der Waals surface area contributed by atoms with Gasteiger partial charge in [-0.3, -0.25) is 0 Å². The van der Waals surface area contributed by atoms with Gasteiger partial charge in [0, 0.05) is 12.1 Å². The molecule has 1 aromatic heterocycles. The Hall–Kier alpha value is -0.900. The van der Waals surface area contributed by atoms with E-state index in [2.05, 4.69) is 50.0 Å². The summed E-state index contributed by atoms with van der Waals surface area (Å²) in [5.41, 5.74) is 0. The molecule has 0 amide bonds. The second-order valence-electron chi connectivity index (χ2n) is 4.85. The monoisotopic (exact) mass is 224 g/mol. The molecule has 16 heavy (non-hydrogen) atoms. The molecule has 0 aliphatic heterocycles. The van der Waals surface area contributed by atoms with Gasteiger partial charge in [0.05, 0.1) is 6.54 Å². The minimum atomic E-state index is 0.374. The number of hydrogen-bond donors (Lipinski definition) is 1. The summed E-state index contributed by atoms with van der Waals surface area (Å²) >= 11 is 0. The molecule has 0 fully saturated rings. The maximum absolute atomic E-state index is 4.29. The number of hydrogen-bond acceptors (Lipinski definition) is 3. The quantitative estimate of drug-likeness (QED) is 0.806. The minimum absolute atomic E-state index is 0.374. The largest absolute Gasteiger partial charge is 0.307 e. The van der Waals surface area contributed by atoms with Gasteiger partial charge in [-0.1, -0.05) is 20.8 Å². The third-order valence-electron chi connectivity index (χ3n) is 2.90. The predicted octanol–water partition coefficient (Wildman–Crippen LogP) is 2.38.